The van der Waals surface area contributed by atoms with Crippen LogP contribution in [0.5, 0.6) is 5.75 Å². The first-order chi connectivity index (χ1) is 11.1. The summed E-state index contributed by atoms with van der Waals surface area (Å²) in [6, 6.07) is 5.21. The van der Waals surface area contributed by atoms with E-state index in [-0.39, 0.29) is 5.97 Å². The molecular weight excluding hydrogens is 294 g/mol. The van der Waals surface area contributed by atoms with Crippen LogP contribution in [0.15, 0.2) is 36.9 Å². The molecule has 0 aliphatic heterocycles. The number of aromatic nitrogens is 2. The van der Waals surface area contributed by atoms with Crippen molar-refractivity contribution in [3.05, 3.63) is 48.0 Å². The predicted molar refractivity (Wildman–Crippen MR) is 87.3 cm³/mol. The molecule has 0 radical (unpaired) electrons. The number of imidazole rings is 1. The lowest BCUT2D eigenvalue weighted by molar-refractivity contribution is -0.144. The molecule has 2 N–H and O–H groups in total. The third kappa shape index (κ3) is 4.82. The number of rotatable bonds is 8. The van der Waals surface area contributed by atoms with Crippen molar-refractivity contribution in [2.75, 3.05) is 13.2 Å². The molecular formula is C17H23N3O3. The van der Waals surface area contributed by atoms with Crippen molar-refractivity contribution in [2.45, 2.75) is 32.9 Å². The van der Waals surface area contributed by atoms with Gasteiger partial charge in [-0.15, -0.1) is 0 Å². The maximum atomic E-state index is 11.7. The molecule has 23 heavy (non-hydrogen) atoms. The number of benzene rings is 1. The van der Waals surface area contributed by atoms with Gasteiger partial charge in [0.2, 0.25) is 0 Å². The second-order valence-corrected chi connectivity index (χ2v) is 5.17. The Labute approximate surface area is 136 Å². The van der Waals surface area contributed by atoms with Gasteiger partial charge in [0.25, 0.3) is 0 Å². The highest BCUT2D eigenvalue weighted by Crippen LogP contribution is 2.22. The Morgan fingerprint density at radius 1 is 1.35 bits per heavy atom. The Bertz CT molecular complexity index is 626. The first kappa shape index (κ1) is 17.0. The molecule has 0 aliphatic rings. The number of nitrogens with zero attached hydrogens (tertiary/aromatic N) is 2. The highest BCUT2D eigenvalue weighted by molar-refractivity contribution is 5.75. The van der Waals surface area contributed by atoms with Crippen molar-refractivity contribution in [1.82, 2.24) is 9.55 Å². The summed E-state index contributed by atoms with van der Waals surface area (Å²) in [6.07, 6.45) is 5.82. The Balaban J connectivity index is 2.16. The summed E-state index contributed by atoms with van der Waals surface area (Å²) in [6.45, 7) is 5.30. The summed E-state index contributed by atoms with van der Waals surface area (Å²) >= 11 is 0. The molecule has 1 atom stereocenters. The lowest BCUT2D eigenvalue weighted by Gasteiger charge is -2.15. The molecule has 1 aromatic carbocycles. The first-order valence-electron chi connectivity index (χ1n) is 7.76. The molecule has 0 bridgehead atoms. The molecule has 2 rings (SSSR count). The number of carbonyl (C=O) groups excluding carboxylic acids is 1. The average Bonchev–Trinajstić information content (AvgIpc) is 3.03. The van der Waals surface area contributed by atoms with Crippen LogP contribution in [0.2, 0.25) is 0 Å². The van der Waals surface area contributed by atoms with E-state index in [0.29, 0.717) is 26.2 Å². The molecule has 6 nitrogen and oxygen atoms in total. The summed E-state index contributed by atoms with van der Waals surface area (Å²) in [5, 5.41) is 0. The molecule has 1 heterocycles. The van der Waals surface area contributed by atoms with Crippen molar-refractivity contribution < 1.29 is 14.3 Å². The summed E-state index contributed by atoms with van der Waals surface area (Å²) in [7, 11) is 0. The standard InChI is InChI=1S/C17H23N3O3/c1-3-22-16-6-5-13(10-15(18)17(21)23-4-2)9-14(16)11-20-8-7-19-12-20/h5-9,12,15H,3-4,10-11,18H2,1-2H3. The summed E-state index contributed by atoms with van der Waals surface area (Å²) in [4.78, 5) is 15.7. The average molecular weight is 317 g/mol. The number of ether oxygens (including phenoxy) is 2. The molecule has 0 saturated carbocycles. The molecule has 0 saturated heterocycles. The topological polar surface area (TPSA) is 79.4 Å². The molecule has 1 aromatic heterocycles. The van der Waals surface area contributed by atoms with Gasteiger partial charge in [0.15, 0.2) is 0 Å². The minimum absolute atomic E-state index is 0.335. The normalized spacial score (nSPS) is 12.0. The van der Waals surface area contributed by atoms with E-state index < -0.39 is 6.04 Å². The van der Waals surface area contributed by atoms with Gasteiger partial charge < -0.3 is 19.8 Å². The quantitative estimate of drug-likeness (QED) is 0.751. The van der Waals surface area contributed by atoms with Gasteiger partial charge >= 0.3 is 5.97 Å². The van der Waals surface area contributed by atoms with Crippen LogP contribution in [0.4, 0.5) is 0 Å². The van der Waals surface area contributed by atoms with Crippen LogP contribution in [-0.4, -0.2) is 34.8 Å². The predicted octanol–water partition coefficient (Wildman–Crippen LogP) is 1.76. The van der Waals surface area contributed by atoms with Gasteiger partial charge in [-0.3, -0.25) is 4.79 Å². The molecule has 0 fully saturated rings. The molecule has 124 valence electrons. The van der Waals surface area contributed by atoms with Crippen LogP contribution in [0.25, 0.3) is 0 Å². The van der Waals surface area contributed by atoms with Crippen LogP contribution in [0, 0.1) is 0 Å². The number of hydrogen-bond acceptors (Lipinski definition) is 5. The van der Waals surface area contributed by atoms with Gasteiger partial charge in [-0.25, -0.2) is 4.98 Å². The zero-order chi connectivity index (χ0) is 16.7. The Hall–Kier alpha value is -2.34. The van der Waals surface area contributed by atoms with Crippen molar-refractivity contribution in [2.24, 2.45) is 5.73 Å². The van der Waals surface area contributed by atoms with Crippen LogP contribution >= 0.6 is 0 Å². The van der Waals surface area contributed by atoms with Gasteiger partial charge in [-0.1, -0.05) is 12.1 Å². The second-order valence-electron chi connectivity index (χ2n) is 5.17. The van der Waals surface area contributed by atoms with Crippen molar-refractivity contribution in [3.63, 3.8) is 0 Å². The van der Waals surface area contributed by atoms with Gasteiger partial charge in [-0.2, -0.15) is 0 Å². The Morgan fingerprint density at radius 3 is 2.83 bits per heavy atom. The summed E-state index contributed by atoms with van der Waals surface area (Å²) < 4.78 is 12.6. The zero-order valence-corrected chi connectivity index (χ0v) is 13.6. The Morgan fingerprint density at radius 2 is 2.17 bits per heavy atom. The molecule has 2 aromatic rings. The highest BCUT2D eigenvalue weighted by atomic mass is 16.5. The Kier molecular flexibility index (Phi) is 6.17. The lowest BCUT2D eigenvalue weighted by Crippen LogP contribution is -2.34. The van der Waals surface area contributed by atoms with E-state index in [4.69, 9.17) is 15.2 Å². The number of esters is 1. The fourth-order valence-electron chi connectivity index (χ4n) is 2.34. The SMILES string of the molecule is CCOC(=O)C(N)Cc1ccc(OCC)c(Cn2ccnc2)c1. The molecule has 6 heteroatoms. The highest BCUT2D eigenvalue weighted by Gasteiger charge is 2.16. The van der Waals surface area contributed by atoms with Gasteiger partial charge in [-0.05, 0) is 31.9 Å². The second kappa shape index (κ2) is 8.33. The molecule has 1 unspecified atom stereocenters. The van der Waals surface area contributed by atoms with E-state index in [0.717, 1.165) is 16.9 Å². The van der Waals surface area contributed by atoms with Crippen LogP contribution in [0.1, 0.15) is 25.0 Å². The van der Waals surface area contributed by atoms with E-state index >= 15 is 0 Å². The maximum absolute atomic E-state index is 11.7. The largest absolute Gasteiger partial charge is 0.494 e. The smallest absolute Gasteiger partial charge is 0.323 e. The van der Waals surface area contributed by atoms with Gasteiger partial charge in [0.1, 0.15) is 11.8 Å². The van der Waals surface area contributed by atoms with Crippen LogP contribution in [0.3, 0.4) is 0 Å². The molecule has 0 amide bonds. The third-order valence-electron chi connectivity index (χ3n) is 3.38. The van der Waals surface area contributed by atoms with Crippen LogP contribution in [-0.2, 0) is 22.5 Å². The van der Waals surface area contributed by atoms with E-state index in [1.807, 2.05) is 35.9 Å². The monoisotopic (exact) mass is 317 g/mol. The first-order valence-corrected chi connectivity index (χ1v) is 7.76. The van der Waals surface area contributed by atoms with Crippen LogP contribution < -0.4 is 10.5 Å². The number of hydrogen-bond donors (Lipinski definition) is 1. The molecule has 0 spiro atoms. The summed E-state index contributed by atoms with van der Waals surface area (Å²) in [5.74, 6) is 0.451. The van der Waals surface area contributed by atoms with E-state index in [1.54, 1.807) is 19.4 Å². The third-order valence-corrected chi connectivity index (χ3v) is 3.38. The summed E-state index contributed by atoms with van der Waals surface area (Å²) in [5.41, 5.74) is 7.90. The molecule has 0 aliphatic carbocycles. The minimum Gasteiger partial charge on any atom is -0.494 e. The van der Waals surface area contributed by atoms with E-state index in [9.17, 15) is 4.79 Å². The fourth-order valence-corrected chi connectivity index (χ4v) is 2.34. The van der Waals surface area contributed by atoms with E-state index in [2.05, 4.69) is 4.98 Å². The van der Waals surface area contributed by atoms with Crippen molar-refractivity contribution in [1.29, 1.82) is 0 Å². The van der Waals surface area contributed by atoms with Gasteiger partial charge in [0, 0.05) is 18.0 Å². The van der Waals surface area contributed by atoms with E-state index in [1.165, 1.54) is 0 Å². The zero-order valence-electron chi connectivity index (χ0n) is 13.6. The minimum atomic E-state index is -0.658. The maximum Gasteiger partial charge on any atom is 0.323 e. The number of carbonyl (C=O) groups is 1. The lowest BCUT2D eigenvalue weighted by atomic mass is 10.0. The fraction of sp³-hybridized carbons (Fsp3) is 0.412. The van der Waals surface area contributed by atoms with Gasteiger partial charge in [0.05, 0.1) is 26.1 Å². The van der Waals surface area contributed by atoms with Crippen molar-refractivity contribution in [3.8, 4) is 5.75 Å². The number of nitrogens with two attached hydrogens (primary N) is 1. The van der Waals surface area contributed by atoms with Crippen molar-refractivity contribution >= 4 is 5.97 Å².